The predicted molar refractivity (Wildman–Crippen MR) is 65.5 cm³/mol. The molecular formula is C12H15N3O3. The highest BCUT2D eigenvalue weighted by molar-refractivity contribution is 5.95. The molecule has 0 saturated carbocycles. The summed E-state index contributed by atoms with van der Waals surface area (Å²) in [6.45, 7) is 1.86. The van der Waals surface area contributed by atoms with Crippen LogP contribution in [0.15, 0.2) is 18.3 Å². The molecule has 0 aliphatic rings. The van der Waals surface area contributed by atoms with E-state index < -0.39 is 5.97 Å². The van der Waals surface area contributed by atoms with Crippen LogP contribution in [0.3, 0.4) is 0 Å². The van der Waals surface area contributed by atoms with Crippen molar-refractivity contribution in [3.05, 3.63) is 29.8 Å². The van der Waals surface area contributed by atoms with Gasteiger partial charge < -0.3 is 20.0 Å². The number of nitrogens with zero attached hydrogens (tertiary/aromatic N) is 2. The minimum absolute atomic E-state index is 0.0694. The van der Waals surface area contributed by atoms with Crippen LogP contribution in [0, 0.1) is 0 Å². The SMILES string of the molecule is COC(=O)c1nc(CC(C)N)n2ccc(O)cc12. The number of carbonyl (C=O) groups is 1. The fourth-order valence-corrected chi connectivity index (χ4v) is 1.82. The first-order chi connectivity index (χ1) is 8.52. The van der Waals surface area contributed by atoms with Crippen molar-refractivity contribution < 1.29 is 14.6 Å². The first-order valence-corrected chi connectivity index (χ1v) is 5.56. The van der Waals surface area contributed by atoms with E-state index in [2.05, 4.69) is 9.72 Å². The van der Waals surface area contributed by atoms with Crippen LogP contribution in [-0.2, 0) is 11.2 Å². The number of aromatic hydroxyl groups is 1. The van der Waals surface area contributed by atoms with Crippen molar-refractivity contribution >= 4 is 11.5 Å². The molecule has 2 rings (SSSR count). The van der Waals surface area contributed by atoms with Crippen molar-refractivity contribution in [1.82, 2.24) is 9.38 Å². The minimum Gasteiger partial charge on any atom is -0.508 e. The van der Waals surface area contributed by atoms with Crippen LogP contribution in [0.25, 0.3) is 5.52 Å². The van der Waals surface area contributed by atoms with Crippen LogP contribution >= 0.6 is 0 Å². The summed E-state index contributed by atoms with van der Waals surface area (Å²) >= 11 is 0. The van der Waals surface area contributed by atoms with E-state index in [1.807, 2.05) is 6.92 Å². The quantitative estimate of drug-likeness (QED) is 0.782. The summed E-state index contributed by atoms with van der Waals surface area (Å²) in [4.78, 5) is 15.9. The summed E-state index contributed by atoms with van der Waals surface area (Å²) < 4.78 is 6.41. The number of esters is 1. The normalized spacial score (nSPS) is 12.6. The second-order valence-corrected chi connectivity index (χ2v) is 4.19. The van der Waals surface area contributed by atoms with Gasteiger partial charge in [-0.15, -0.1) is 0 Å². The van der Waals surface area contributed by atoms with E-state index in [0.29, 0.717) is 17.8 Å². The van der Waals surface area contributed by atoms with Gasteiger partial charge in [-0.2, -0.15) is 0 Å². The average molecular weight is 249 g/mol. The number of imidazole rings is 1. The number of carbonyl (C=O) groups excluding carboxylic acids is 1. The second kappa shape index (κ2) is 4.66. The van der Waals surface area contributed by atoms with Gasteiger partial charge in [-0.25, -0.2) is 9.78 Å². The standard InChI is InChI=1S/C12H15N3O3/c1-7(13)5-10-14-11(12(17)18-2)9-6-8(16)3-4-15(9)10/h3-4,6-7,16H,5,13H2,1-2H3. The zero-order valence-corrected chi connectivity index (χ0v) is 10.3. The Morgan fingerprint density at radius 1 is 1.67 bits per heavy atom. The van der Waals surface area contributed by atoms with Crippen LogP contribution in [0.1, 0.15) is 23.2 Å². The fraction of sp³-hybridized carbons (Fsp3) is 0.333. The summed E-state index contributed by atoms with van der Waals surface area (Å²) in [5, 5.41) is 9.48. The topological polar surface area (TPSA) is 89.8 Å². The van der Waals surface area contributed by atoms with Crippen molar-refractivity contribution in [1.29, 1.82) is 0 Å². The van der Waals surface area contributed by atoms with E-state index in [4.69, 9.17) is 5.73 Å². The molecule has 0 bridgehead atoms. The lowest BCUT2D eigenvalue weighted by Gasteiger charge is -2.03. The van der Waals surface area contributed by atoms with Gasteiger partial charge in [-0.3, -0.25) is 0 Å². The molecule has 0 aromatic carbocycles. The number of hydrogen-bond donors (Lipinski definition) is 2. The van der Waals surface area contributed by atoms with Gasteiger partial charge in [0.1, 0.15) is 11.6 Å². The number of ether oxygens (including phenoxy) is 1. The number of rotatable bonds is 3. The number of fused-ring (bicyclic) bond motifs is 1. The van der Waals surface area contributed by atoms with Gasteiger partial charge in [-0.05, 0) is 13.0 Å². The first-order valence-electron chi connectivity index (χ1n) is 5.56. The van der Waals surface area contributed by atoms with Crippen LogP contribution in [-0.4, -0.2) is 33.6 Å². The lowest BCUT2D eigenvalue weighted by atomic mass is 10.2. The molecule has 0 amide bonds. The van der Waals surface area contributed by atoms with Gasteiger partial charge in [0.25, 0.3) is 0 Å². The van der Waals surface area contributed by atoms with E-state index in [0.717, 1.165) is 0 Å². The van der Waals surface area contributed by atoms with Gasteiger partial charge >= 0.3 is 5.97 Å². The summed E-state index contributed by atoms with van der Waals surface area (Å²) in [6, 6.07) is 2.93. The average Bonchev–Trinajstić information content (AvgIpc) is 2.65. The van der Waals surface area contributed by atoms with Crippen molar-refractivity contribution in [3.8, 4) is 5.75 Å². The Bertz CT molecular complexity index is 590. The van der Waals surface area contributed by atoms with Gasteiger partial charge in [-0.1, -0.05) is 0 Å². The smallest absolute Gasteiger partial charge is 0.358 e. The Labute approximate surface area is 104 Å². The molecular weight excluding hydrogens is 234 g/mol. The van der Waals surface area contributed by atoms with E-state index >= 15 is 0 Å². The number of methoxy groups -OCH3 is 1. The number of pyridine rings is 1. The monoisotopic (exact) mass is 249 g/mol. The predicted octanol–water partition coefficient (Wildman–Crippen LogP) is 0.716. The number of aromatic nitrogens is 2. The van der Waals surface area contributed by atoms with Gasteiger partial charge in [0.05, 0.1) is 12.6 Å². The summed E-state index contributed by atoms with van der Waals surface area (Å²) in [5.74, 6) is 0.203. The molecule has 6 nitrogen and oxygen atoms in total. The lowest BCUT2D eigenvalue weighted by Crippen LogP contribution is -2.19. The molecule has 0 fully saturated rings. The van der Waals surface area contributed by atoms with E-state index in [9.17, 15) is 9.90 Å². The summed E-state index contributed by atoms with van der Waals surface area (Å²) in [7, 11) is 1.29. The van der Waals surface area contributed by atoms with Crippen LogP contribution in [0.5, 0.6) is 5.75 Å². The van der Waals surface area contributed by atoms with Crippen molar-refractivity contribution in [3.63, 3.8) is 0 Å². The van der Waals surface area contributed by atoms with Crippen LogP contribution < -0.4 is 5.73 Å². The molecule has 0 aliphatic heterocycles. The molecule has 96 valence electrons. The summed E-state index contributed by atoms with van der Waals surface area (Å²) in [5.41, 5.74) is 6.44. The van der Waals surface area contributed by atoms with Crippen molar-refractivity contribution in [2.24, 2.45) is 5.73 Å². The Morgan fingerprint density at radius 2 is 2.39 bits per heavy atom. The molecule has 6 heteroatoms. The Kier molecular flexibility index (Phi) is 3.20. The molecule has 0 saturated heterocycles. The zero-order valence-electron chi connectivity index (χ0n) is 10.3. The molecule has 2 heterocycles. The van der Waals surface area contributed by atoms with Crippen LogP contribution in [0.2, 0.25) is 0 Å². The van der Waals surface area contributed by atoms with Crippen molar-refractivity contribution in [2.45, 2.75) is 19.4 Å². The highest BCUT2D eigenvalue weighted by Gasteiger charge is 2.18. The molecule has 1 unspecified atom stereocenters. The second-order valence-electron chi connectivity index (χ2n) is 4.19. The maximum atomic E-state index is 11.6. The van der Waals surface area contributed by atoms with Gasteiger partial charge in [0, 0.05) is 24.7 Å². The minimum atomic E-state index is -0.533. The zero-order chi connectivity index (χ0) is 13.3. The third-order valence-corrected chi connectivity index (χ3v) is 2.58. The van der Waals surface area contributed by atoms with Crippen LogP contribution in [0.4, 0.5) is 0 Å². The van der Waals surface area contributed by atoms with Gasteiger partial charge in [0.15, 0.2) is 5.69 Å². The molecule has 3 N–H and O–H groups in total. The largest absolute Gasteiger partial charge is 0.508 e. The molecule has 2 aromatic rings. The van der Waals surface area contributed by atoms with Gasteiger partial charge in [0.2, 0.25) is 0 Å². The molecule has 18 heavy (non-hydrogen) atoms. The third-order valence-electron chi connectivity index (χ3n) is 2.58. The van der Waals surface area contributed by atoms with Crippen molar-refractivity contribution in [2.75, 3.05) is 7.11 Å². The lowest BCUT2D eigenvalue weighted by molar-refractivity contribution is 0.0597. The molecule has 0 radical (unpaired) electrons. The Balaban J connectivity index is 2.63. The third kappa shape index (κ3) is 2.14. The number of hydrogen-bond acceptors (Lipinski definition) is 5. The number of nitrogens with two attached hydrogens (primary N) is 1. The highest BCUT2D eigenvalue weighted by Crippen LogP contribution is 2.20. The van der Waals surface area contributed by atoms with E-state index in [-0.39, 0.29) is 17.5 Å². The van der Waals surface area contributed by atoms with E-state index in [1.165, 1.54) is 19.2 Å². The maximum Gasteiger partial charge on any atom is 0.358 e. The molecule has 0 spiro atoms. The molecule has 1 atom stereocenters. The highest BCUT2D eigenvalue weighted by atomic mass is 16.5. The first kappa shape index (κ1) is 12.4. The Hall–Kier alpha value is -2.08. The Morgan fingerprint density at radius 3 is 3.00 bits per heavy atom. The van der Waals surface area contributed by atoms with E-state index in [1.54, 1.807) is 10.6 Å². The molecule has 0 aliphatic carbocycles. The molecule has 2 aromatic heterocycles. The maximum absolute atomic E-state index is 11.6. The fourth-order valence-electron chi connectivity index (χ4n) is 1.82. The summed E-state index contributed by atoms with van der Waals surface area (Å²) in [6.07, 6.45) is 2.19.